The molecule has 6 heteroatoms. The van der Waals surface area contributed by atoms with Crippen LogP contribution in [0.15, 0.2) is 41.8 Å². The highest BCUT2D eigenvalue weighted by Crippen LogP contribution is 2.38. The van der Waals surface area contributed by atoms with Crippen molar-refractivity contribution in [3.8, 4) is 5.75 Å². The van der Waals surface area contributed by atoms with Crippen LogP contribution in [0.25, 0.3) is 0 Å². The number of hydrogen-bond donors (Lipinski definition) is 1. The van der Waals surface area contributed by atoms with Gasteiger partial charge in [-0.15, -0.1) is 11.3 Å². The third-order valence-electron chi connectivity index (χ3n) is 5.63. The van der Waals surface area contributed by atoms with Gasteiger partial charge in [0.25, 0.3) is 5.91 Å². The van der Waals surface area contributed by atoms with Crippen LogP contribution in [-0.4, -0.2) is 42.5 Å². The Morgan fingerprint density at radius 2 is 2.15 bits per heavy atom. The minimum absolute atomic E-state index is 0.0219. The van der Waals surface area contributed by atoms with E-state index in [-0.39, 0.29) is 23.9 Å². The quantitative estimate of drug-likeness (QED) is 0.833. The van der Waals surface area contributed by atoms with Crippen molar-refractivity contribution < 1.29 is 14.3 Å². The van der Waals surface area contributed by atoms with Crippen LogP contribution in [0.3, 0.4) is 0 Å². The number of nitrogens with zero attached hydrogens (tertiary/aromatic N) is 1. The van der Waals surface area contributed by atoms with Gasteiger partial charge in [-0.2, -0.15) is 0 Å². The average molecular weight is 385 g/mol. The lowest BCUT2D eigenvalue weighted by Gasteiger charge is -2.33. The number of ether oxygens (including phenoxy) is 1. The molecule has 2 fully saturated rings. The van der Waals surface area contributed by atoms with E-state index in [4.69, 9.17) is 4.74 Å². The molecule has 2 aliphatic rings. The van der Waals surface area contributed by atoms with Gasteiger partial charge in [-0.1, -0.05) is 18.2 Å². The van der Waals surface area contributed by atoms with E-state index >= 15 is 0 Å². The van der Waals surface area contributed by atoms with Crippen LogP contribution in [-0.2, 0) is 11.2 Å². The molecule has 142 valence electrons. The Bertz CT molecular complexity index is 821. The number of benzene rings is 1. The van der Waals surface area contributed by atoms with E-state index in [9.17, 15) is 9.59 Å². The maximum Gasteiger partial charge on any atom is 0.261 e. The summed E-state index contributed by atoms with van der Waals surface area (Å²) in [6.45, 7) is 0.826. The van der Waals surface area contributed by atoms with Crippen LogP contribution in [0, 0.1) is 5.92 Å². The van der Waals surface area contributed by atoms with Crippen LogP contribution in [0.1, 0.15) is 34.5 Å². The van der Waals surface area contributed by atoms with Gasteiger partial charge in [-0.25, -0.2) is 0 Å². The first-order valence-corrected chi connectivity index (χ1v) is 10.3. The second-order valence-corrected chi connectivity index (χ2v) is 8.31. The summed E-state index contributed by atoms with van der Waals surface area (Å²) in [6.07, 6.45) is 3.17. The predicted octanol–water partition coefficient (Wildman–Crippen LogP) is 3.11. The van der Waals surface area contributed by atoms with Gasteiger partial charge in [0.2, 0.25) is 5.91 Å². The number of rotatable bonds is 6. The molecule has 27 heavy (non-hydrogen) atoms. The van der Waals surface area contributed by atoms with E-state index in [1.54, 1.807) is 7.11 Å². The highest BCUT2D eigenvalue weighted by Gasteiger charge is 2.47. The van der Waals surface area contributed by atoms with Crippen molar-refractivity contribution in [2.24, 2.45) is 5.92 Å². The molecule has 1 aliphatic heterocycles. The van der Waals surface area contributed by atoms with E-state index in [1.807, 2.05) is 46.7 Å². The maximum absolute atomic E-state index is 12.8. The standard InChI is InChI=1S/C21H24N2O3S/c1-26-16-5-2-4-14(10-16)7-8-20(24)23-13-15-11-17(18(23)12-15)22-21(25)19-6-3-9-27-19/h2-6,9-10,15,17-18H,7-8,11-13H2,1H3,(H,22,25). The van der Waals surface area contributed by atoms with Crippen LogP contribution < -0.4 is 10.1 Å². The fraction of sp³-hybridized carbons (Fsp3) is 0.429. The van der Waals surface area contributed by atoms with Crippen LogP contribution in [0.4, 0.5) is 0 Å². The van der Waals surface area contributed by atoms with Gasteiger partial charge in [0.1, 0.15) is 5.75 Å². The first-order valence-electron chi connectivity index (χ1n) is 9.41. The van der Waals surface area contributed by atoms with Gasteiger partial charge in [0, 0.05) is 19.0 Å². The van der Waals surface area contributed by atoms with Gasteiger partial charge in [0.15, 0.2) is 0 Å². The zero-order valence-corrected chi connectivity index (χ0v) is 16.2. The molecular weight excluding hydrogens is 360 g/mol. The number of methoxy groups -OCH3 is 1. The molecule has 3 unspecified atom stereocenters. The SMILES string of the molecule is COc1cccc(CCC(=O)N2CC3CC(NC(=O)c4cccs4)C2C3)c1. The van der Waals surface area contributed by atoms with Gasteiger partial charge >= 0.3 is 0 Å². The monoisotopic (exact) mass is 384 g/mol. The summed E-state index contributed by atoms with van der Waals surface area (Å²) < 4.78 is 5.25. The number of carbonyl (C=O) groups is 2. The van der Waals surface area contributed by atoms with Crippen LogP contribution in [0.5, 0.6) is 5.75 Å². The van der Waals surface area contributed by atoms with Gasteiger partial charge < -0.3 is 15.0 Å². The Morgan fingerprint density at radius 3 is 2.89 bits per heavy atom. The van der Waals surface area contributed by atoms with Crippen molar-refractivity contribution in [1.29, 1.82) is 0 Å². The predicted molar refractivity (Wildman–Crippen MR) is 105 cm³/mol. The molecule has 1 aliphatic carbocycles. The third kappa shape index (κ3) is 3.86. The van der Waals surface area contributed by atoms with E-state index in [1.165, 1.54) is 11.3 Å². The largest absolute Gasteiger partial charge is 0.497 e. The zero-order valence-electron chi connectivity index (χ0n) is 15.4. The Labute approximate surface area is 163 Å². The van der Waals surface area contributed by atoms with Gasteiger partial charge in [-0.05, 0) is 54.3 Å². The molecular formula is C21H24N2O3S. The van der Waals surface area contributed by atoms with E-state index in [2.05, 4.69) is 5.32 Å². The van der Waals surface area contributed by atoms with Crippen molar-refractivity contribution >= 4 is 23.2 Å². The fourth-order valence-electron chi connectivity index (χ4n) is 4.34. The minimum Gasteiger partial charge on any atom is -0.497 e. The molecule has 0 spiro atoms. The van der Waals surface area contributed by atoms with Crippen molar-refractivity contribution in [3.63, 3.8) is 0 Å². The lowest BCUT2D eigenvalue weighted by atomic mass is 10.0. The zero-order chi connectivity index (χ0) is 18.8. The fourth-order valence-corrected chi connectivity index (χ4v) is 4.96. The molecule has 2 aromatic rings. The number of aryl methyl sites for hydroxylation is 1. The normalized spacial score (nSPS) is 23.4. The Hall–Kier alpha value is -2.34. The Morgan fingerprint density at radius 1 is 1.26 bits per heavy atom. The summed E-state index contributed by atoms with van der Waals surface area (Å²) >= 11 is 1.45. The van der Waals surface area contributed by atoms with E-state index < -0.39 is 0 Å². The first-order chi connectivity index (χ1) is 13.1. The van der Waals surface area contributed by atoms with Crippen LogP contribution in [0.2, 0.25) is 0 Å². The number of thiophene rings is 1. The molecule has 1 saturated carbocycles. The summed E-state index contributed by atoms with van der Waals surface area (Å²) in [6, 6.07) is 11.8. The number of fused-ring (bicyclic) bond motifs is 2. The molecule has 2 amide bonds. The molecule has 0 radical (unpaired) electrons. The molecule has 2 bridgehead atoms. The maximum atomic E-state index is 12.8. The van der Waals surface area contributed by atoms with Crippen molar-refractivity contribution in [2.75, 3.05) is 13.7 Å². The number of hydrogen-bond acceptors (Lipinski definition) is 4. The average Bonchev–Trinajstić information content (AvgIpc) is 3.43. The van der Waals surface area contributed by atoms with Crippen molar-refractivity contribution in [2.45, 2.75) is 37.8 Å². The van der Waals surface area contributed by atoms with Crippen molar-refractivity contribution in [1.82, 2.24) is 10.2 Å². The van der Waals surface area contributed by atoms with Gasteiger partial charge in [-0.3, -0.25) is 9.59 Å². The summed E-state index contributed by atoms with van der Waals surface area (Å²) in [5.41, 5.74) is 1.11. The second kappa shape index (κ2) is 7.72. The molecule has 2 heterocycles. The summed E-state index contributed by atoms with van der Waals surface area (Å²) in [5, 5.41) is 5.05. The molecule has 1 N–H and O–H groups in total. The highest BCUT2D eigenvalue weighted by atomic mass is 32.1. The Kier molecular flexibility index (Phi) is 5.16. The van der Waals surface area contributed by atoms with Crippen molar-refractivity contribution in [3.05, 3.63) is 52.2 Å². The first kappa shape index (κ1) is 18.0. The highest BCUT2D eigenvalue weighted by molar-refractivity contribution is 7.12. The summed E-state index contributed by atoms with van der Waals surface area (Å²) in [5.74, 6) is 1.48. The van der Waals surface area contributed by atoms with E-state index in [0.29, 0.717) is 18.8 Å². The second-order valence-electron chi connectivity index (χ2n) is 7.36. The topological polar surface area (TPSA) is 58.6 Å². The molecule has 1 aromatic carbocycles. The van der Waals surface area contributed by atoms with E-state index in [0.717, 1.165) is 35.6 Å². The minimum atomic E-state index is -0.0219. The number of piperidine rings is 1. The summed E-state index contributed by atoms with van der Waals surface area (Å²) in [4.78, 5) is 27.9. The summed E-state index contributed by atoms with van der Waals surface area (Å²) in [7, 11) is 1.65. The molecule has 3 atom stereocenters. The van der Waals surface area contributed by atoms with Gasteiger partial charge in [0.05, 0.1) is 18.0 Å². The number of nitrogens with one attached hydrogen (secondary N) is 1. The lowest BCUT2D eigenvalue weighted by Crippen LogP contribution is -2.51. The third-order valence-corrected chi connectivity index (χ3v) is 6.49. The van der Waals surface area contributed by atoms with Crippen LogP contribution >= 0.6 is 11.3 Å². The molecule has 1 saturated heterocycles. The lowest BCUT2D eigenvalue weighted by molar-refractivity contribution is -0.133. The molecule has 1 aromatic heterocycles. The number of amides is 2. The smallest absolute Gasteiger partial charge is 0.261 e. The number of carbonyl (C=O) groups excluding carboxylic acids is 2. The number of likely N-dealkylation sites (tertiary alicyclic amines) is 1. The molecule has 5 nitrogen and oxygen atoms in total. The Balaban J connectivity index is 1.35. The molecule has 4 rings (SSSR count).